The van der Waals surface area contributed by atoms with Gasteiger partial charge in [0.2, 0.25) is 0 Å². The fourth-order valence-corrected chi connectivity index (χ4v) is 2.98. The number of furan rings is 1. The number of rotatable bonds is 7. The second-order valence-electron chi connectivity index (χ2n) is 6.81. The maximum atomic E-state index is 10.6. The van der Waals surface area contributed by atoms with E-state index in [9.17, 15) is 5.11 Å². The monoisotopic (exact) mass is 464 g/mol. The van der Waals surface area contributed by atoms with E-state index in [1.807, 2.05) is 26.0 Å². The van der Waals surface area contributed by atoms with Gasteiger partial charge >= 0.3 is 0 Å². The van der Waals surface area contributed by atoms with E-state index in [0.717, 1.165) is 37.9 Å². The van der Waals surface area contributed by atoms with E-state index in [1.165, 1.54) is 13.0 Å². The second-order valence-corrected chi connectivity index (χ2v) is 6.81. The first-order valence-electron chi connectivity index (χ1n) is 8.98. The first-order chi connectivity index (χ1) is 11.4. The summed E-state index contributed by atoms with van der Waals surface area (Å²) >= 11 is 0. The zero-order chi connectivity index (χ0) is 17.6. The smallest absolute Gasteiger partial charge is 0.191 e. The van der Waals surface area contributed by atoms with Crippen LogP contribution in [0.4, 0.5) is 0 Å². The molecule has 0 spiro atoms. The summed E-state index contributed by atoms with van der Waals surface area (Å²) in [5, 5.41) is 17.3. The summed E-state index contributed by atoms with van der Waals surface area (Å²) < 4.78 is 5.54. The Labute approximate surface area is 168 Å². The Morgan fingerprint density at radius 1 is 1.40 bits per heavy atom. The Kier molecular flexibility index (Phi) is 9.23. The minimum Gasteiger partial charge on any atom is -0.463 e. The van der Waals surface area contributed by atoms with Crippen LogP contribution in [0.3, 0.4) is 0 Å². The van der Waals surface area contributed by atoms with Crippen molar-refractivity contribution in [3.05, 3.63) is 23.7 Å². The van der Waals surface area contributed by atoms with Crippen LogP contribution < -0.4 is 10.6 Å². The molecule has 0 bridgehead atoms. The number of nitrogens with one attached hydrogen (secondary N) is 2. The van der Waals surface area contributed by atoms with Gasteiger partial charge in [-0.05, 0) is 58.3 Å². The molecule has 7 heteroatoms. The second kappa shape index (κ2) is 10.4. The molecule has 1 aliphatic rings. The van der Waals surface area contributed by atoms with Gasteiger partial charge in [0.25, 0.3) is 0 Å². The Hall–Kier alpha value is -0.800. The molecule has 2 atom stereocenters. The van der Waals surface area contributed by atoms with Gasteiger partial charge in [0.05, 0.1) is 6.54 Å². The summed E-state index contributed by atoms with van der Waals surface area (Å²) in [5.74, 6) is 2.74. The normalized spacial score (nSPS) is 20.8. The average molecular weight is 464 g/mol. The summed E-state index contributed by atoms with van der Waals surface area (Å²) in [5.41, 5.74) is -1.11. The van der Waals surface area contributed by atoms with E-state index in [0.29, 0.717) is 11.7 Å². The van der Waals surface area contributed by atoms with Gasteiger partial charge in [0.15, 0.2) is 5.96 Å². The molecule has 0 aliphatic carbocycles. The number of guanidine groups is 1. The van der Waals surface area contributed by atoms with Crippen molar-refractivity contribution in [2.75, 3.05) is 39.3 Å². The largest absolute Gasteiger partial charge is 0.463 e. The lowest BCUT2D eigenvalue weighted by atomic mass is 10.0. The van der Waals surface area contributed by atoms with Crippen LogP contribution in [0.25, 0.3) is 0 Å². The SMILES string of the molecule is CCNC(=NCC(C)(O)c1ccc(C)o1)NCC1CCN(CC)C1.I. The number of aryl methyl sites for hydroxylation is 1. The molecule has 6 nitrogen and oxygen atoms in total. The Bertz CT molecular complexity index is 545. The molecule has 0 aromatic carbocycles. The Morgan fingerprint density at radius 2 is 2.16 bits per heavy atom. The van der Waals surface area contributed by atoms with E-state index >= 15 is 0 Å². The van der Waals surface area contributed by atoms with Crippen LogP contribution in [0.5, 0.6) is 0 Å². The summed E-state index contributed by atoms with van der Waals surface area (Å²) in [6.07, 6.45) is 1.23. The molecule has 1 aromatic heterocycles. The van der Waals surface area contributed by atoms with Crippen molar-refractivity contribution in [3.63, 3.8) is 0 Å². The molecule has 2 unspecified atom stereocenters. The Balaban J connectivity index is 0.00000312. The highest BCUT2D eigenvalue weighted by molar-refractivity contribution is 14.0. The zero-order valence-electron chi connectivity index (χ0n) is 15.8. The van der Waals surface area contributed by atoms with Gasteiger partial charge in [-0.1, -0.05) is 6.92 Å². The van der Waals surface area contributed by atoms with Gasteiger partial charge in [0, 0.05) is 19.6 Å². The topological polar surface area (TPSA) is 73.0 Å². The van der Waals surface area contributed by atoms with E-state index in [2.05, 4.69) is 27.4 Å². The molecule has 0 radical (unpaired) electrons. The van der Waals surface area contributed by atoms with Gasteiger partial charge < -0.3 is 25.1 Å². The first-order valence-corrected chi connectivity index (χ1v) is 8.98. The highest BCUT2D eigenvalue weighted by atomic mass is 127. The molecule has 1 saturated heterocycles. The molecule has 1 aliphatic heterocycles. The van der Waals surface area contributed by atoms with Gasteiger partial charge in [-0.25, -0.2) is 4.99 Å². The quantitative estimate of drug-likeness (QED) is 0.328. The molecule has 144 valence electrons. The molecule has 1 fully saturated rings. The van der Waals surface area contributed by atoms with E-state index < -0.39 is 5.60 Å². The molecule has 2 heterocycles. The van der Waals surface area contributed by atoms with E-state index in [1.54, 1.807) is 6.92 Å². The Morgan fingerprint density at radius 3 is 2.72 bits per heavy atom. The third-order valence-electron chi connectivity index (χ3n) is 4.54. The predicted octanol–water partition coefficient (Wildman–Crippen LogP) is 2.31. The lowest BCUT2D eigenvalue weighted by Gasteiger charge is -2.20. The minimum absolute atomic E-state index is 0. The molecule has 0 amide bonds. The molecule has 3 N–H and O–H groups in total. The molecule has 2 rings (SSSR count). The lowest BCUT2D eigenvalue weighted by molar-refractivity contribution is 0.0428. The third-order valence-corrected chi connectivity index (χ3v) is 4.54. The lowest BCUT2D eigenvalue weighted by Crippen LogP contribution is -2.41. The van der Waals surface area contributed by atoms with Gasteiger partial charge in [-0.3, -0.25) is 0 Å². The number of aliphatic imine (C=N–C) groups is 1. The molecule has 25 heavy (non-hydrogen) atoms. The van der Waals surface area contributed by atoms with Crippen molar-refractivity contribution in [1.29, 1.82) is 0 Å². The van der Waals surface area contributed by atoms with Crippen LogP contribution in [0.15, 0.2) is 21.5 Å². The average Bonchev–Trinajstić information content (AvgIpc) is 3.19. The maximum Gasteiger partial charge on any atom is 0.191 e. The molecule has 0 saturated carbocycles. The van der Waals surface area contributed by atoms with E-state index in [4.69, 9.17) is 4.42 Å². The number of hydrogen-bond acceptors (Lipinski definition) is 4. The number of hydrogen-bond donors (Lipinski definition) is 3. The van der Waals surface area contributed by atoms with Crippen LogP contribution in [0, 0.1) is 12.8 Å². The molecular weight excluding hydrogens is 431 g/mol. The number of aliphatic hydroxyl groups is 1. The zero-order valence-corrected chi connectivity index (χ0v) is 18.2. The highest BCUT2D eigenvalue weighted by Gasteiger charge is 2.27. The van der Waals surface area contributed by atoms with Crippen LogP contribution in [-0.4, -0.2) is 55.2 Å². The van der Waals surface area contributed by atoms with Crippen molar-refractivity contribution in [2.45, 2.75) is 39.7 Å². The van der Waals surface area contributed by atoms with Crippen molar-refractivity contribution >= 4 is 29.9 Å². The number of likely N-dealkylation sites (tertiary alicyclic amines) is 1. The number of nitrogens with zero attached hydrogens (tertiary/aromatic N) is 2. The van der Waals surface area contributed by atoms with Crippen LogP contribution in [-0.2, 0) is 5.60 Å². The summed E-state index contributed by atoms with van der Waals surface area (Å²) in [4.78, 5) is 7.01. The van der Waals surface area contributed by atoms with Gasteiger partial charge in [-0.15, -0.1) is 24.0 Å². The first kappa shape index (κ1) is 22.2. The number of halogens is 1. The maximum absolute atomic E-state index is 10.6. The van der Waals surface area contributed by atoms with Gasteiger partial charge in [-0.2, -0.15) is 0 Å². The minimum atomic E-state index is -1.11. The fourth-order valence-electron chi connectivity index (χ4n) is 2.98. The van der Waals surface area contributed by atoms with Crippen molar-refractivity contribution in [2.24, 2.45) is 10.9 Å². The summed E-state index contributed by atoms with van der Waals surface area (Å²) in [7, 11) is 0. The van der Waals surface area contributed by atoms with Gasteiger partial charge in [0.1, 0.15) is 17.1 Å². The van der Waals surface area contributed by atoms with Crippen LogP contribution >= 0.6 is 24.0 Å². The highest BCUT2D eigenvalue weighted by Crippen LogP contribution is 2.23. The fraction of sp³-hybridized carbons (Fsp3) is 0.722. The third kappa shape index (κ3) is 6.79. The van der Waals surface area contributed by atoms with Crippen molar-refractivity contribution < 1.29 is 9.52 Å². The van der Waals surface area contributed by atoms with Crippen molar-refractivity contribution in [1.82, 2.24) is 15.5 Å². The van der Waals surface area contributed by atoms with Crippen molar-refractivity contribution in [3.8, 4) is 0 Å². The predicted molar refractivity (Wildman–Crippen MR) is 113 cm³/mol. The standard InChI is InChI=1S/C18H32N4O2.HI/c1-5-19-17(20-11-15-9-10-22(6-2)12-15)21-13-18(4,23)16-8-7-14(3)24-16;/h7-8,15,23H,5-6,9-13H2,1-4H3,(H2,19,20,21);1H. The van der Waals surface area contributed by atoms with E-state index in [-0.39, 0.29) is 30.5 Å². The summed E-state index contributed by atoms with van der Waals surface area (Å²) in [6, 6.07) is 3.67. The van der Waals surface area contributed by atoms with Crippen LogP contribution in [0.2, 0.25) is 0 Å². The van der Waals surface area contributed by atoms with Crippen LogP contribution in [0.1, 0.15) is 38.7 Å². The summed E-state index contributed by atoms with van der Waals surface area (Å²) in [6.45, 7) is 13.2. The molecule has 1 aromatic rings. The molecular formula is C18H33IN4O2.